The maximum Gasteiger partial charge on any atom is 0.164 e. The maximum atomic E-state index is 5.23. The van der Waals surface area contributed by atoms with Crippen molar-refractivity contribution in [2.75, 3.05) is 0 Å². The van der Waals surface area contributed by atoms with E-state index in [4.69, 9.17) is 15.0 Å². The summed E-state index contributed by atoms with van der Waals surface area (Å²) in [4.78, 5) is 15.5. The van der Waals surface area contributed by atoms with Gasteiger partial charge in [-0.2, -0.15) is 0 Å². The lowest BCUT2D eigenvalue weighted by molar-refractivity contribution is 1.07. The number of rotatable bonds is 6. The van der Waals surface area contributed by atoms with Crippen LogP contribution in [0, 0.1) is 0 Å². The van der Waals surface area contributed by atoms with E-state index < -0.39 is 0 Å². The molecule has 0 bridgehead atoms. The summed E-state index contributed by atoms with van der Waals surface area (Å²) in [7, 11) is 0. The molecule has 3 aromatic heterocycles. The summed E-state index contributed by atoms with van der Waals surface area (Å²) in [5, 5.41) is 4.83. The highest BCUT2D eigenvalue weighted by Gasteiger charge is 2.22. The second kappa shape index (κ2) is 13.0. The monoisotopic (exact) mass is 715 g/mol. The van der Waals surface area contributed by atoms with Crippen LogP contribution in [-0.2, 0) is 0 Å². The molecule has 0 aliphatic heterocycles. The summed E-state index contributed by atoms with van der Waals surface area (Å²) in [6.07, 6.45) is 0. The van der Waals surface area contributed by atoms with E-state index in [-0.39, 0.29) is 0 Å². The van der Waals surface area contributed by atoms with Gasteiger partial charge < -0.3 is 9.13 Å². The molecule has 5 heteroatoms. The average Bonchev–Trinajstić information content (AvgIpc) is 3.80. The Balaban J connectivity index is 1.18. The van der Waals surface area contributed by atoms with Crippen LogP contribution in [0.4, 0.5) is 0 Å². The molecule has 0 atom stereocenters. The van der Waals surface area contributed by atoms with Gasteiger partial charge in [0.2, 0.25) is 0 Å². The number of nitrogens with zero attached hydrogens (tertiary/aromatic N) is 5. The van der Waals surface area contributed by atoms with E-state index in [0.29, 0.717) is 17.5 Å². The number of hydrogen-bond donors (Lipinski definition) is 0. The van der Waals surface area contributed by atoms with Gasteiger partial charge in [0.1, 0.15) is 0 Å². The predicted molar refractivity (Wildman–Crippen MR) is 230 cm³/mol. The highest BCUT2D eigenvalue weighted by atomic mass is 15.1. The number of hydrogen-bond acceptors (Lipinski definition) is 3. The zero-order valence-corrected chi connectivity index (χ0v) is 30.3. The molecule has 11 aromatic rings. The van der Waals surface area contributed by atoms with Crippen LogP contribution in [0.15, 0.2) is 200 Å². The molecule has 3 heterocycles. The van der Waals surface area contributed by atoms with Gasteiger partial charge in [0, 0.05) is 49.6 Å². The molecule has 0 unspecified atom stereocenters. The minimum Gasteiger partial charge on any atom is -0.307 e. The molecule has 5 nitrogen and oxygen atoms in total. The van der Waals surface area contributed by atoms with Gasteiger partial charge in [0.15, 0.2) is 17.5 Å². The first kappa shape index (κ1) is 31.9. The minimum absolute atomic E-state index is 0.614. The Bertz CT molecular complexity index is 3240. The van der Waals surface area contributed by atoms with Crippen LogP contribution in [0.5, 0.6) is 0 Å². The molecular weight excluding hydrogens is 683 g/mol. The molecule has 0 spiro atoms. The van der Waals surface area contributed by atoms with Crippen LogP contribution in [0.25, 0.3) is 100 Å². The Kier molecular flexibility index (Phi) is 7.42. The summed E-state index contributed by atoms with van der Waals surface area (Å²) in [5.41, 5.74) is 11.8. The topological polar surface area (TPSA) is 48.5 Å². The lowest BCUT2D eigenvalue weighted by Crippen LogP contribution is -2.02. The number of fused-ring (bicyclic) bond motifs is 7. The molecule has 56 heavy (non-hydrogen) atoms. The molecule has 0 aliphatic rings. The fourth-order valence-corrected chi connectivity index (χ4v) is 8.29. The highest BCUT2D eigenvalue weighted by Crippen LogP contribution is 2.42. The van der Waals surface area contributed by atoms with Crippen molar-refractivity contribution < 1.29 is 0 Å². The van der Waals surface area contributed by atoms with Gasteiger partial charge in [-0.3, -0.25) is 0 Å². The largest absolute Gasteiger partial charge is 0.307 e. The van der Waals surface area contributed by atoms with Gasteiger partial charge in [-0.25, -0.2) is 15.0 Å². The van der Waals surface area contributed by atoms with Crippen LogP contribution < -0.4 is 0 Å². The van der Waals surface area contributed by atoms with Crippen LogP contribution in [0.1, 0.15) is 0 Å². The van der Waals surface area contributed by atoms with Crippen LogP contribution in [0.3, 0.4) is 0 Å². The van der Waals surface area contributed by atoms with E-state index in [1.54, 1.807) is 0 Å². The number of para-hydroxylation sites is 3. The van der Waals surface area contributed by atoms with Crippen molar-refractivity contribution in [1.29, 1.82) is 0 Å². The van der Waals surface area contributed by atoms with E-state index in [1.165, 1.54) is 32.6 Å². The molecule has 0 fully saturated rings. The third kappa shape index (κ3) is 5.13. The summed E-state index contributed by atoms with van der Waals surface area (Å²) in [6.45, 7) is 0. The van der Waals surface area contributed by atoms with Crippen molar-refractivity contribution in [3.63, 3.8) is 0 Å². The van der Waals surface area contributed by atoms with Crippen molar-refractivity contribution in [1.82, 2.24) is 24.1 Å². The van der Waals surface area contributed by atoms with Crippen molar-refractivity contribution in [2.24, 2.45) is 0 Å². The molecule has 0 saturated heterocycles. The Morgan fingerprint density at radius 1 is 0.286 bits per heavy atom. The zero-order chi connectivity index (χ0) is 37.0. The smallest absolute Gasteiger partial charge is 0.164 e. The Morgan fingerprint density at radius 3 is 1.38 bits per heavy atom. The molecule has 262 valence electrons. The predicted octanol–water partition coefficient (Wildman–Crippen LogP) is 12.7. The lowest BCUT2D eigenvalue weighted by Gasteiger charge is -2.14. The molecule has 0 aliphatic carbocycles. The van der Waals surface area contributed by atoms with E-state index >= 15 is 0 Å². The molecular formula is C51H33N5. The summed E-state index contributed by atoms with van der Waals surface area (Å²) in [6, 6.07) is 70.2. The van der Waals surface area contributed by atoms with E-state index in [2.05, 4.69) is 179 Å². The first-order valence-corrected chi connectivity index (χ1v) is 18.9. The van der Waals surface area contributed by atoms with Crippen molar-refractivity contribution >= 4 is 43.6 Å². The average molecular weight is 716 g/mol. The van der Waals surface area contributed by atoms with Gasteiger partial charge in [0.05, 0.1) is 22.1 Å². The molecule has 0 radical (unpaired) electrons. The third-order valence-electron chi connectivity index (χ3n) is 10.8. The Labute approximate surface area is 323 Å². The van der Waals surface area contributed by atoms with Crippen molar-refractivity contribution in [2.45, 2.75) is 0 Å². The van der Waals surface area contributed by atoms with Crippen LogP contribution in [-0.4, -0.2) is 24.1 Å². The van der Waals surface area contributed by atoms with Gasteiger partial charge in [-0.05, 0) is 47.5 Å². The third-order valence-corrected chi connectivity index (χ3v) is 10.8. The number of benzene rings is 8. The molecule has 0 saturated carbocycles. The van der Waals surface area contributed by atoms with Gasteiger partial charge in [-0.15, -0.1) is 0 Å². The normalized spacial score (nSPS) is 11.6. The fourth-order valence-electron chi connectivity index (χ4n) is 8.29. The minimum atomic E-state index is 0.614. The molecule has 0 N–H and O–H groups in total. The first-order valence-electron chi connectivity index (χ1n) is 18.9. The van der Waals surface area contributed by atoms with Gasteiger partial charge in [-0.1, -0.05) is 164 Å². The van der Waals surface area contributed by atoms with Gasteiger partial charge in [0.25, 0.3) is 0 Å². The SMILES string of the molecule is c1ccc(-c2nc(-c3cccc(-n4c5ccccc5c5ccc6c7ccccc7n(-c7ccccc7)c6c54)c3)nc(-c3ccccc3-c3ccccc3)n2)cc1. The molecule has 11 rings (SSSR count). The van der Waals surface area contributed by atoms with E-state index in [9.17, 15) is 0 Å². The standard InChI is InChI=1S/C51H33N5/c1-4-17-34(18-5-1)39-25-10-11-28-44(39)51-53-49(35-19-6-2-7-20-35)52-50(54-51)36-21-16-24-38(33-36)56-46-30-15-13-27-41(46)43-32-31-42-40-26-12-14-29-45(40)55(47(42)48(43)56)37-22-8-3-9-23-37/h1-33H. The number of aromatic nitrogens is 5. The van der Waals surface area contributed by atoms with Crippen LogP contribution in [0.2, 0.25) is 0 Å². The fraction of sp³-hybridized carbons (Fsp3) is 0. The summed E-state index contributed by atoms with van der Waals surface area (Å²) >= 11 is 0. The second-order valence-corrected chi connectivity index (χ2v) is 14.0. The molecule has 8 aromatic carbocycles. The van der Waals surface area contributed by atoms with Crippen molar-refractivity contribution in [3.05, 3.63) is 200 Å². The Morgan fingerprint density at radius 2 is 0.732 bits per heavy atom. The van der Waals surface area contributed by atoms with Crippen LogP contribution >= 0.6 is 0 Å². The summed E-state index contributed by atoms with van der Waals surface area (Å²) < 4.78 is 4.83. The summed E-state index contributed by atoms with van der Waals surface area (Å²) in [5.74, 6) is 1.87. The first-order chi connectivity index (χ1) is 27.8. The lowest BCUT2D eigenvalue weighted by atomic mass is 9.99. The quantitative estimate of drug-likeness (QED) is 0.172. The van der Waals surface area contributed by atoms with E-state index in [1.807, 2.05) is 30.3 Å². The second-order valence-electron chi connectivity index (χ2n) is 14.0. The maximum absolute atomic E-state index is 5.23. The van der Waals surface area contributed by atoms with Gasteiger partial charge >= 0.3 is 0 Å². The van der Waals surface area contributed by atoms with E-state index in [0.717, 1.165) is 50.2 Å². The highest BCUT2D eigenvalue weighted by molar-refractivity contribution is 6.23. The Hall–Kier alpha value is -7.63. The van der Waals surface area contributed by atoms with Crippen molar-refractivity contribution in [3.8, 4) is 56.7 Å². The zero-order valence-electron chi connectivity index (χ0n) is 30.3. The molecule has 0 amide bonds.